The number of nitrogens with zero attached hydrogens (tertiary/aromatic N) is 1. The van der Waals surface area contributed by atoms with Crippen LogP contribution in [-0.4, -0.2) is 44.7 Å². The molecule has 3 rings (SSSR count). The highest BCUT2D eigenvalue weighted by Crippen LogP contribution is 2.27. The number of hydrogen-bond acceptors (Lipinski definition) is 4. The van der Waals surface area contributed by atoms with Gasteiger partial charge >= 0.3 is 0 Å². The molecule has 7 nitrogen and oxygen atoms in total. The zero-order valence-electron chi connectivity index (χ0n) is 16.9. The third-order valence-corrected chi connectivity index (χ3v) is 4.54. The Balaban J connectivity index is 1.44. The fourth-order valence-electron chi connectivity index (χ4n) is 3.13. The maximum Gasteiger partial charge on any atom is 0.257 e. The van der Waals surface area contributed by atoms with Crippen molar-refractivity contribution < 1.29 is 14.3 Å². The van der Waals surface area contributed by atoms with Gasteiger partial charge in [-0.15, -0.1) is 0 Å². The number of benzene rings is 2. The molecule has 0 saturated carbocycles. The lowest BCUT2D eigenvalue weighted by Crippen LogP contribution is -2.41. The summed E-state index contributed by atoms with van der Waals surface area (Å²) in [6.45, 7) is 3.74. The van der Waals surface area contributed by atoms with Crippen molar-refractivity contribution in [3.8, 4) is 11.5 Å². The fraction of sp³-hybridized carbons (Fsp3) is 0.364. The Labute approximate surface area is 171 Å². The van der Waals surface area contributed by atoms with Gasteiger partial charge in [-0.05, 0) is 36.2 Å². The van der Waals surface area contributed by atoms with E-state index in [1.165, 1.54) is 5.56 Å². The normalized spacial score (nSPS) is 15.2. The monoisotopic (exact) mass is 396 g/mol. The zero-order chi connectivity index (χ0) is 20.5. The van der Waals surface area contributed by atoms with Crippen molar-refractivity contribution in [2.45, 2.75) is 26.0 Å². The second-order valence-corrected chi connectivity index (χ2v) is 6.75. The molecule has 1 aliphatic rings. The molecule has 0 saturated heterocycles. The number of rotatable bonds is 8. The van der Waals surface area contributed by atoms with E-state index >= 15 is 0 Å². The van der Waals surface area contributed by atoms with Crippen molar-refractivity contribution in [3.63, 3.8) is 0 Å². The van der Waals surface area contributed by atoms with Gasteiger partial charge in [0.05, 0.1) is 6.54 Å². The Kier molecular flexibility index (Phi) is 7.33. The summed E-state index contributed by atoms with van der Waals surface area (Å²) in [5.74, 6) is 2.21. The van der Waals surface area contributed by atoms with E-state index < -0.39 is 0 Å². The highest BCUT2D eigenvalue weighted by atomic mass is 16.5. The van der Waals surface area contributed by atoms with Crippen molar-refractivity contribution in [3.05, 3.63) is 59.7 Å². The smallest absolute Gasteiger partial charge is 0.257 e. The van der Waals surface area contributed by atoms with Crippen LogP contribution in [0, 0.1) is 0 Å². The molecule has 154 valence electrons. The van der Waals surface area contributed by atoms with E-state index in [0.717, 1.165) is 17.7 Å². The highest BCUT2D eigenvalue weighted by molar-refractivity contribution is 5.79. The lowest BCUT2D eigenvalue weighted by atomic mass is 10.1. The molecular formula is C22H28N4O3. The third kappa shape index (κ3) is 6.14. The van der Waals surface area contributed by atoms with E-state index in [-0.39, 0.29) is 18.6 Å². The van der Waals surface area contributed by atoms with E-state index in [0.29, 0.717) is 31.3 Å². The van der Waals surface area contributed by atoms with Crippen LogP contribution in [0.1, 0.15) is 18.1 Å². The molecule has 7 heteroatoms. The standard InChI is InChI=1S/C22H28N4O3/c1-3-24-21(27)15-28-18-9-6-7-16(11-18)13-25-22(23-2)26-14-19-12-17-8-4-5-10-20(17)29-19/h4-11,19H,3,12-15H2,1-2H3,(H,24,27)(H2,23,25,26). The molecule has 1 heterocycles. The van der Waals surface area contributed by atoms with Crippen LogP contribution in [0.2, 0.25) is 0 Å². The van der Waals surface area contributed by atoms with Crippen LogP contribution in [0.4, 0.5) is 0 Å². The number of aliphatic imine (C=N–C) groups is 1. The van der Waals surface area contributed by atoms with Crippen LogP contribution in [0.15, 0.2) is 53.5 Å². The summed E-state index contributed by atoms with van der Waals surface area (Å²) in [7, 11) is 1.74. The summed E-state index contributed by atoms with van der Waals surface area (Å²) < 4.78 is 11.5. The Hall–Kier alpha value is -3.22. The van der Waals surface area contributed by atoms with Crippen molar-refractivity contribution in [2.75, 3.05) is 26.7 Å². The van der Waals surface area contributed by atoms with Crippen LogP contribution in [0.25, 0.3) is 0 Å². The number of carbonyl (C=O) groups excluding carboxylic acids is 1. The first kappa shape index (κ1) is 20.5. The number of nitrogens with one attached hydrogen (secondary N) is 3. The molecule has 1 atom stereocenters. The van der Waals surface area contributed by atoms with Crippen molar-refractivity contribution in [1.29, 1.82) is 0 Å². The molecule has 1 amide bonds. The summed E-state index contributed by atoms with van der Waals surface area (Å²) in [6.07, 6.45) is 0.988. The molecule has 29 heavy (non-hydrogen) atoms. The number of likely N-dealkylation sites (N-methyl/N-ethyl adjacent to an activating group) is 1. The number of ether oxygens (including phenoxy) is 2. The molecule has 0 aliphatic carbocycles. The number of para-hydroxylation sites is 1. The fourth-order valence-corrected chi connectivity index (χ4v) is 3.13. The van der Waals surface area contributed by atoms with E-state index in [9.17, 15) is 4.79 Å². The Morgan fingerprint density at radius 3 is 2.83 bits per heavy atom. The first-order valence-corrected chi connectivity index (χ1v) is 9.85. The van der Waals surface area contributed by atoms with Crippen LogP contribution in [0.5, 0.6) is 11.5 Å². The molecule has 1 aliphatic heterocycles. The molecule has 3 N–H and O–H groups in total. The maximum absolute atomic E-state index is 11.5. The summed E-state index contributed by atoms with van der Waals surface area (Å²) in [4.78, 5) is 15.8. The van der Waals surface area contributed by atoms with Crippen molar-refractivity contribution >= 4 is 11.9 Å². The molecule has 0 radical (unpaired) electrons. The molecule has 0 fully saturated rings. The minimum atomic E-state index is -0.128. The predicted octanol–water partition coefficient (Wildman–Crippen LogP) is 1.87. The van der Waals surface area contributed by atoms with E-state index in [4.69, 9.17) is 9.47 Å². The molecular weight excluding hydrogens is 368 g/mol. The largest absolute Gasteiger partial charge is 0.488 e. The summed E-state index contributed by atoms with van der Waals surface area (Å²) in [5, 5.41) is 9.32. The first-order chi connectivity index (χ1) is 14.2. The summed E-state index contributed by atoms with van der Waals surface area (Å²) in [6, 6.07) is 15.8. The minimum absolute atomic E-state index is 0.0116. The molecule has 0 spiro atoms. The van der Waals surface area contributed by atoms with E-state index in [1.807, 2.05) is 49.4 Å². The number of hydrogen-bond donors (Lipinski definition) is 3. The average molecular weight is 396 g/mol. The van der Waals surface area contributed by atoms with Gasteiger partial charge in [0.15, 0.2) is 12.6 Å². The summed E-state index contributed by atoms with van der Waals surface area (Å²) in [5.41, 5.74) is 2.28. The van der Waals surface area contributed by atoms with Crippen LogP contribution < -0.4 is 25.4 Å². The van der Waals surface area contributed by atoms with Gasteiger partial charge in [0.1, 0.15) is 17.6 Å². The predicted molar refractivity (Wildman–Crippen MR) is 113 cm³/mol. The number of amides is 1. The lowest BCUT2D eigenvalue weighted by molar-refractivity contribution is -0.122. The van der Waals surface area contributed by atoms with Crippen LogP contribution >= 0.6 is 0 Å². The first-order valence-electron chi connectivity index (χ1n) is 9.85. The topological polar surface area (TPSA) is 84.0 Å². The summed E-state index contributed by atoms with van der Waals surface area (Å²) >= 11 is 0. The molecule has 1 unspecified atom stereocenters. The van der Waals surface area contributed by atoms with Gasteiger partial charge in [0, 0.05) is 26.6 Å². The van der Waals surface area contributed by atoms with Crippen LogP contribution in [-0.2, 0) is 17.8 Å². The van der Waals surface area contributed by atoms with E-state index in [2.05, 4.69) is 27.0 Å². The highest BCUT2D eigenvalue weighted by Gasteiger charge is 2.22. The van der Waals surface area contributed by atoms with Crippen LogP contribution in [0.3, 0.4) is 0 Å². The lowest BCUT2D eigenvalue weighted by Gasteiger charge is -2.16. The number of guanidine groups is 1. The molecule has 0 bridgehead atoms. The zero-order valence-corrected chi connectivity index (χ0v) is 16.9. The van der Waals surface area contributed by atoms with Gasteiger partial charge in [-0.3, -0.25) is 9.79 Å². The number of fused-ring (bicyclic) bond motifs is 1. The van der Waals surface area contributed by atoms with Crippen molar-refractivity contribution in [1.82, 2.24) is 16.0 Å². The quantitative estimate of drug-likeness (QED) is 0.469. The van der Waals surface area contributed by atoms with Gasteiger partial charge in [-0.1, -0.05) is 30.3 Å². The Bertz CT molecular complexity index is 828. The maximum atomic E-state index is 11.5. The SMILES string of the molecule is CCNC(=O)COc1cccc(CNC(=NC)NCC2Cc3ccccc3O2)c1. The third-order valence-electron chi connectivity index (χ3n) is 4.54. The second kappa shape index (κ2) is 10.4. The minimum Gasteiger partial charge on any atom is -0.488 e. The molecule has 0 aromatic heterocycles. The molecule has 2 aromatic carbocycles. The van der Waals surface area contributed by atoms with Gasteiger partial charge < -0.3 is 25.4 Å². The second-order valence-electron chi connectivity index (χ2n) is 6.75. The van der Waals surface area contributed by atoms with Gasteiger partial charge in [0.25, 0.3) is 5.91 Å². The van der Waals surface area contributed by atoms with Crippen molar-refractivity contribution in [2.24, 2.45) is 4.99 Å². The van der Waals surface area contributed by atoms with E-state index in [1.54, 1.807) is 7.05 Å². The Morgan fingerprint density at radius 1 is 1.17 bits per heavy atom. The average Bonchev–Trinajstić information content (AvgIpc) is 3.16. The van der Waals surface area contributed by atoms with Gasteiger partial charge in [-0.25, -0.2) is 0 Å². The van der Waals surface area contributed by atoms with Gasteiger partial charge in [-0.2, -0.15) is 0 Å². The Morgan fingerprint density at radius 2 is 2.03 bits per heavy atom. The number of carbonyl (C=O) groups is 1. The molecule has 2 aromatic rings. The van der Waals surface area contributed by atoms with Gasteiger partial charge in [0.2, 0.25) is 0 Å².